The van der Waals surface area contributed by atoms with Gasteiger partial charge in [0.2, 0.25) is 0 Å². The number of hydrazine groups is 1. The predicted octanol–water partition coefficient (Wildman–Crippen LogP) is 0.0161. The molecule has 0 aliphatic heterocycles. The number of carbonyl (C=O) groups excluding carboxylic acids is 1. The van der Waals surface area contributed by atoms with Crippen molar-refractivity contribution in [2.24, 2.45) is 5.84 Å². The molecule has 0 aliphatic carbocycles. The zero-order valence-corrected chi connectivity index (χ0v) is 10.6. The second-order valence-electron chi connectivity index (χ2n) is 3.99. The normalized spacial score (nSPS) is 9.85. The van der Waals surface area contributed by atoms with Gasteiger partial charge in [0.05, 0.1) is 5.69 Å². The number of nitrogen functional groups attached to an aromatic ring is 1. The van der Waals surface area contributed by atoms with Gasteiger partial charge in [0, 0.05) is 5.56 Å². The lowest BCUT2D eigenvalue weighted by Crippen LogP contribution is -2.35. The molecule has 0 saturated carbocycles. The number of amides is 1. The molecule has 1 aromatic heterocycles. The Hall–Kier alpha value is -2.98. The van der Waals surface area contributed by atoms with Gasteiger partial charge in [0.25, 0.3) is 11.5 Å². The molecule has 1 aromatic carbocycles. The smallest absolute Gasteiger partial charge is 0.289 e. The molecule has 0 fully saturated rings. The summed E-state index contributed by atoms with van der Waals surface area (Å²) >= 11 is 0. The first-order chi connectivity index (χ1) is 9.60. The van der Waals surface area contributed by atoms with Crippen LogP contribution in [0.1, 0.15) is 21.6 Å². The van der Waals surface area contributed by atoms with Crippen LogP contribution in [-0.4, -0.2) is 15.7 Å². The maximum Gasteiger partial charge on any atom is 0.289 e. The summed E-state index contributed by atoms with van der Waals surface area (Å²) in [5, 5.41) is 13.1. The number of hydrogen-bond donors (Lipinski definition) is 2. The molecule has 0 aliphatic rings. The summed E-state index contributed by atoms with van der Waals surface area (Å²) in [7, 11) is 0. The van der Waals surface area contributed by atoms with Crippen molar-refractivity contribution in [3.63, 3.8) is 0 Å². The van der Waals surface area contributed by atoms with E-state index >= 15 is 0 Å². The molecule has 2 aromatic rings. The van der Waals surface area contributed by atoms with Crippen LogP contribution in [0.3, 0.4) is 0 Å². The number of nitrogens with two attached hydrogens (primary N) is 1. The molecule has 20 heavy (non-hydrogen) atoms. The highest BCUT2D eigenvalue weighted by molar-refractivity contribution is 5.93. The Labute approximate surface area is 114 Å². The van der Waals surface area contributed by atoms with Gasteiger partial charge < -0.3 is 0 Å². The molecule has 0 spiro atoms. The van der Waals surface area contributed by atoms with E-state index in [4.69, 9.17) is 11.1 Å². The van der Waals surface area contributed by atoms with Crippen LogP contribution in [0.15, 0.2) is 35.1 Å². The fourth-order valence-corrected chi connectivity index (χ4v) is 1.77. The highest BCUT2D eigenvalue weighted by Gasteiger charge is 2.19. The second kappa shape index (κ2) is 5.34. The number of benzene rings is 1. The number of carbonyl (C=O) groups is 1. The Morgan fingerprint density at radius 1 is 1.40 bits per heavy atom. The summed E-state index contributed by atoms with van der Waals surface area (Å²) < 4.78 is 1.01. The molecule has 0 bridgehead atoms. The minimum atomic E-state index is -0.663. The molecule has 0 atom stereocenters. The maximum atomic E-state index is 12.2. The van der Waals surface area contributed by atoms with Crippen molar-refractivity contribution in [3.05, 3.63) is 57.5 Å². The van der Waals surface area contributed by atoms with E-state index in [0.717, 1.165) is 4.68 Å². The molecule has 0 radical (unpaired) electrons. The fraction of sp³-hybridized carbons (Fsp3) is 0.0769. The number of rotatable bonds is 2. The average Bonchev–Trinajstić information content (AvgIpc) is 2.48. The summed E-state index contributed by atoms with van der Waals surface area (Å²) in [5.74, 6) is 4.42. The Kier molecular flexibility index (Phi) is 3.59. The van der Waals surface area contributed by atoms with Crippen LogP contribution >= 0.6 is 0 Å². The third kappa shape index (κ3) is 2.15. The van der Waals surface area contributed by atoms with E-state index in [1.54, 1.807) is 36.4 Å². The van der Waals surface area contributed by atoms with Crippen LogP contribution in [0.2, 0.25) is 0 Å². The molecule has 1 heterocycles. The van der Waals surface area contributed by atoms with Crippen molar-refractivity contribution in [1.82, 2.24) is 15.2 Å². The van der Waals surface area contributed by atoms with Crippen molar-refractivity contribution in [1.29, 1.82) is 5.26 Å². The van der Waals surface area contributed by atoms with Crippen molar-refractivity contribution in [3.8, 4) is 11.8 Å². The van der Waals surface area contributed by atoms with E-state index in [1.165, 1.54) is 6.92 Å². The van der Waals surface area contributed by atoms with Crippen LogP contribution in [0.4, 0.5) is 0 Å². The Morgan fingerprint density at radius 2 is 2.05 bits per heavy atom. The molecule has 7 heteroatoms. The fourth-order valence-electron chi connectivity index (χ4n) is 1.77. The SMILES string of the molecule is Cc1c(C(=O)NN)nn(-c2ccccc2)c(=O)c1C#N. The first kappa shape index (κ1) is 13.5. The van der Waals surface area contributed by atoms with Gasteiger partial charge in [0.15, 0.2) is 5.69 Å². The van der Waals surface area contributed by atoms with Crippen molar-refractivity contribution < 1.29 is 4.79 Å². The molecular formula is C13H11N5O2. The lowest BCUT2D eigenvalue weighted by atomic mass is 10.1. The maximum absolute atomic E-state index is 12.2. The van der Waals surface area contributed by atoms with Gasteiger partial charge >= 0.3 is 0 Å². The van der Waals surface area contributed by atoms with Crippen molar-refractivity contribution >= 4 is 5.91 Å². The highest BCUT2D eigenvalue weighted by Crippen LogP contribution is 2.09. The van der Waals surface area contributed by atoms with Crippen LogP contribution in [0, 0.1) is 18.3 Å². The number of nitriles is 1. The quantitative estimate of drug-likeness (QED) is 0.453. The van der Waals surface area contributed by atoms with E-state index in [9.17, 15) is 9.59 Å². The van der Waals surface area contributed by atoms with Crippen LogP contribution in [-0.2, 0) is 0 Å². The minimum Gasteiger partial charge on any atom is -0.289 e. The molecule has 2 rings (SSSR count). The molecule has 7 nitrogen and oxygen atoms in total. The topological polar surface area (TPSA) is 114 Å². The van der Waals surface area contributed by atoms with Crippen LogP contribution in [0.5, 0.6) is 0 Å². The van der Waals surface area contributed by atoms with Gasteiger partial charge in [0.1, 0.15) is 11.6 Å². The number of nitrogens with one attached hydrogen (secondary N) is 1. The first-order valence-corrected chi connectivity index (χ1v) is 5.70. The molecule has 0 saturated heterocycles. The minimum absolute atomic E-state index is 0.0625. The third-order valence-electron chi connectivity index (χ3n) is 2.80. The largest absolute Gasteiger partial charge is 0.289 e. The van der Waals surface area contributed by atoms with E-state index in [0.29, 0.717) is 5.69 Å². The highest BCUT2D eigenvalue weighted by atomic mass is 16.2. The van der Waals surface area contributed by atoms with E-state index < -0.39 is 11.5 Å². The average molecular weight is 269 g/mol. The van der Waals surface area contributed by atoms with E-state index in [-0.39, 0.29) is 16.8 Å². The summed E-state index contributed by atoms with van der Waals surface area (Å²) in [6.45, 7) is 1.48. The molecule has 1 amide bonds. The van der Waals surface area contributed by atoms with Gasteiger partial charge in [-0.2, -0.15) is 15.0 Å². The number of hydrogen-bond acceptors (Lipinski definition) is 5. The van der Waals surface area contributed by atoms with E-state index in [2.05, 4.69) is 5.10 Å². The standard InChI is InChI=1S/C13H11N5O2/c1-8-10(7-14)13(20)18(9-5-3-2-4-6-9)17-11(8)12(19)16-15/h2-6H,15H2,1H3,(H,16,19). The summed E-state index contributed by atoms with van der Waals surface area (Å²) in [6, 6.07) is 10.3. The predicted molar refractivity (Wildman–Crippen MR) is 70.9 cm³/mol. The summed E-state index contributed by atoms with van der Waals surface area (Å²) in [4.78, 5) is 23.9. The number of aromatic nitrogens is 2. The first-order valence-electron chi connectivity index (χ1n) is 5.70. The van der Waals surface area contributed by atoms with E-state index in [1.807, 2.05) is 5.43 Å². The number of para-hydroxylation sites is 1. The van der Waals surface area contributed by atoms with Gasteiger partial charge in [-0.1, -0.05) is 18.2 Å². The summed E-state index contributed by atoms with van der Waals surface area (Å²) in [5.41, 5.74) is 1.83. The molecular weight excluding hydrogens is 258 g/mol. The molecule has 3 N–H and O–H groups in total. The zero-order valence-electron chi connectivity index (χ0n) is 10.6. The Balaban J connectivity index is 2.81. The van der Waals surface area contributed by atoms with Gasteiger partial charge in [-0.15, -0.1) is 0 Å². The Morgan fingerprint density at radius 3 is 2.60 bits per heavy atom. The van der Waals surface area contributed by atoms with Gasteiger partial charge in [-0.05, 0) is 19.1 Å². The van der Waals surface area contributed by atoms with Crippen molar-refractivity contribution in [2.75, 3.05) is 0 Å². The third-order valence-corrected chi connectivity index (χ3v) is 2.80. The monoisotopic (exact) mass is 269 g/mol. The zero-order chi connectivity index (χ0) is 14.7. The Bertz CT molecular complexity index is 759. The number of nitrogens with zero attached hydrogens (tertiary/aromatic N) is 3. The molecule has 0 unspecified atom stereocenters. The lowest BCUT2D eigenvalue weighted by molar-refractivity contribution is 0.0946. The van der Waals surface area contributed by atoms with Crippen LogP contribution in [0.25, 0.3) is 5.69 Å². The lowest BCUT2D eigenvalue weighted by Gasteiger charge is -2.10. The van der Waals surface area contributed by atoms with Crippen molar-refractivity contribution in [2.45, 2.75) is 6.92 Å². The summed E-state index contributed by atoms with van der Waals surface area (Å²) in [6.07, 6.45) is 0. The van der Waals surface area contributed by atoms with Gasteiger partial charge in [-0.3, -0.25) is 15.0 Å². The second-order valence-corrected chi connectivity index (χ2v) is 3.99. The van der Waals surface area contributed by atoms with Gasteiger partial charge in [-0.25, -0.2) is 5.84 Å². The molecule has 100 valence electrons. The van der Waals surface area contributed by atoms with Crippen LogP contribution < -0.4 is 16.8 Å².